The summed E-state index contributed by atoms with van der Waals surface area (Å²) in [7, 11) is 0. The van der Waals surface area contributed by atoms with Gasteiger partial charge in [-0.2, -0.15) is 0 Å². The number of alkyl halides is 3. The summed E-state index contributed by atoms with van der Waals surface area (Å²) in [6, 6.07) is 4.17. The molecule has 0 aliphatic carbocycles. The van der Waals surface area contributed by atoms with Crippen molar-refractivity contribution in [3.63, 3.8) is 0 Å². The molecule has 8 heteroatoms. The molecule has 4 nitrogen and oxygen atoms in total. The van der Waals surface area contributed by atoms with Gasteiger partial charge in [0.25, 0.3) is 0 Å². The third kappa shape index (κ3) is 6.25. The van der Waals surface area contributed by atoms with E-state index in [2.05, 4.69) is 26.0 Å². The van der Waals surface area contributed by atoms with Crippen LogP contribution in [0.1, 0.15) is 12.5 Å². The van der Waals surface area contributed by atoms with Gasteiger partial charge in [-0.05, 0) is 40.5 Å². The lowest BCUT2D eigenvalue weighted by molar-refractivity contribution is -0.274. The zero-order valence-corrected chi connectivity index (χ0v) is 12.2. The van der Waals surface area contributed by atoms with E-state index in [0.29, 0.717) is 18.7 Å². The minimum atomic E-state index is -4.73. The maximum absolute atomic E-state index is 12.1. The molecular weight excluding hydrogens is 343 g/mol. The van der Waals surface area contributed by atoms with Crippen LogP contribution in [0.15, 0.2) is 22.7 Å². The summed E-state index contributed by atoms with van der Waals surface area (Å²) in [6.07, 6.45) is -4.73. The third-order valence-electron chi connectivity index (χ3n) is 2.13. The molecule has 0 unspecified atom stereocenters. The summed E-state index contributed by atoms with van der Waals surface area (Å²) in [5, 5.41) is 2.82. The highest BCUT2D eigenvalue weighted by atomic mass is 79.9. The highest BCUT2D eigenvalue weighted by Gasteiger charge is 2.31. The van der Waals surface area contributed by atoms with E-state index in [4.69, 9.17) is 4.74 Å². The number of benzene rings is 1. The number of hydrogen-bond acceptors (Lipinski definition) is 4. The van der Waals surface area contributed by atoms with Gasteiger partial charge in [0.1, 0.15) is 5.75 Å². The number of hydrogen-bond donors (Lipinski definition) is 1. The average Bonchev–Trinajstić information content (AvgIpc) is 2.31. The standard InChI is InChI=1S/C12H13BrF3NO3/c1-2-19-11(18)7-17-6-8-3-4-10(9(13)5-8)20-12(14,15)16/h3-5,17H,2,6-7H2,1H3. The fourth-order valence-electron chi connectivity index (χ4n) is 1.38. The first-order valence-corrected chi connectivity index (χ1v) is 6.51. The molecule has 0 atom stereocenters. The van der Waals surface area contributed by atoms with Crippen LogP contribution in [0.25, 0.3) is 0 Å². The first kappa shape index (κ1) is 16.8. The number of ether oxygens (including phenoxy) is 2. The zero-order chi connectivity index (χ0) is 15.2. The molecule has 0 radical (unpaired) electrons. The van der Waals surface area contributed by atoms with Crippen molar-refractivity contribution in [1.82, 2.24) is 5.32 Å². The van der Waals surface area contributed by atoms with Crippen LogP contribution in [0, 0.1) is 0 Å². The second-order valence-electron chi connectivity index (χ2n) is 3.72. The van der Waals surface area contributed by atoms with Gasteiger partial charge >= 0.3 is 12.3 Å². The Kier molecular flexibility index (Phi) is 6.28. The zero-order valence-electron chi connectivity index (χ0n) is 10.6. The van der Waals surface area contributed by atoms with E-state index >= 15 is 0 Å². The van der Waals surface area contributed by atoms with E-state index in [1.54, 1.807) is 6.92 Å². The van der Waals surface area contributed by atoms with Gasteiger partial charge in [0.2, 0.25) is 0 Å². The van der Waals surface area contributed by atoms with Crippen molar-refractivity contribution in [2.45, 2.75) is 19.8 Å². The van der Waals surface area contributed by atoms with E-state index in [0.717, 1.165) is 0 Å². The molecule has 1 aromatic rings. The summed E-state index contributed by atoms with van der Waals surface area (Å²) in [6.45, 7) is 2.36. The van der Waals surface area contributed by atoms with E-state index in [-0.39, 0.29) is 22.7 Å². The predicted octanol–water partition coefficient (Wildman–Crippen LogP) is 3.00. The Morgan fingerprint density at radius 3 is 2.65 bits per heavy atom. The molecule has 0 spiro atoms. The quantitative estimate of drug-likeness (QED) is 0.797. The van der Waals surface area contributed by atoms with E-state index < -0.39 is 6.36 Å². The molecule has 0 aliphatic heterocycles. The molecule has 1 rings (SSSR count). The summed E-state index contributed by atoms with van der Waals surface area (Å²) < 4.78 is 45.0. The van der Waals surface area contributed by atoms with Gasteiger partial charge in [-0.15, -0.1) is 13.2 Å². The number of esters is 1. The van der Waals surface area contributed by atoms with Crippen LogP contribution in [0.5, 0.6) is 5.75 Å². The lowest BCUT2D eigenvalue weighted by Crippen LogP contribution is -2.24. The number of rotatable bonds is 6. The van der Waals surface area contributed by atoms with Crippen LogP contribution < -0.4 is 10.1 Å². The first-order chi connectivity index (χ1) is 9.31. The molecule has 0 bridgehead atoms. The molecule has 0 fully saturated rings. The van der Waals surface area contributed by atoms with Crippen molar-refractivity contribution in [2.24, 2.45) is 0 Å². The van der Waals surface area contributed by atoms with Crippen molar-refractivity contribution in [1.29, 1.82) is 0 Å². The number of halogens is 4. The largest absolute Gasteiger partial charge is 0.573 e. The predicted molar refractivity (Wildman–Crippen MR) is 69.2 cm³/mol. The first-order valence-electron chi connectivity index (χ1n) is 5.72. The highest BCUT2D eigenvalue weighted by Crippen LogP contribution is 2.30. The van der Waals surface area contributed by atoms with Gasteiger partial charge < -0.3 is 14.8 Å². The minimum absolute atomic E-state index is 0.0340. The Morgan fingerprint density at radius 2 is 2.10 bits per heavy atom. The van der Waals surface area contributed by atoms with Gasteiger partial charge in [0, 0.05) is 6.54 Å². The van der Waals surface area contributed by atoms with Crippen LogP contribution in [0.2, 0.25) is 0 Å². The minimum Gasteiger partial charge on any atom is -0.465 e. The summed E-state index contributed by atoms with van der Waals surface area (Å²) >= 11 is 3.00. The average molecular weight is 356 g/mol. The second kappa shape index (κ2) is 7.49. The van der Waals surface area contributed by atoms with Gasteiger partial charge in [-0.1, -0.05) is 6.07 Å². The Hall–Kier alpha value is -1.28. The van der Waals surface area contributed by atoms with Crippen molar-refractivity contribution in [3.05, 3.63) is 28.2 Å². The van der Waals surface area contributed by atoms with Crippen molar-refractivity contribution in [2.75, 3.05) is 13.2 Å². The Morgan fingerprint density at radius 1 is 1.40 bits per heavy atom. The summed E-state index contributed by atoms with van der Waals surface area (Å²) in [5.41, 5.74) is 0.704. The molecule has 1 aromatic carbocycles. The summed E-state index contributed by atoms with van der Waals surface area (Å²) in [5.74, 6) is -0.699. The van der Waals surface area contributed by atoms with Crippen molar-refractivity contribution >= 4 is 21.9 Å². The molecule has 0 amide bonds. The second-order valence-corrected chi connectivity index (χ2v) is 4.58. The summed E-state index contributed by atoms with van der Waals surface area (Å²) in [4.78, 5) is 11.1. The maximum Gasteiger partial charge on any atom is 0.573 e. The van der Waals surface area contributed by atoms with Gasteiger partial charge in [-0.25, -0.2) is 0 Å². The SMILES string of the molecule is CCOC(=O)CNCc1ccc(OC(F)(F)F)c(Br)c1. The van der Waals surface area contributed by atoms with Gasteiger partial charge in [-0.3, -0.25) is 4.79 Å². The lowest BCUT2D eigenvalue weighted by atomic mass is 10.2. The molecule has 0 saturated heterocycles. The number of nitrogens with one attached hydrogen (secondary N) is 1. The molecular formula is C12H13BrF3NO3. The Labute approximate surface area is 122 Å². The van der Waals surface area contributed by atoms with Crippen molar-refractivity contribution in [3.8, 4) is 5.75 Å². The number of carbonyl (C=O) groups excluding carboxylic acids is 1. The molecule has 0 aliphatic rings. The van der Waals surface area contributed by atoms with Gasteiger partial charge in [0.05, 0.1) is 17.6 Å². The molecule has 112 valence electrons. The molecule has 20 heavy (non-hydrogen) atoms. The van der Waals surface area contributed by atoms with E-state index in [1.807, 2.05) is 0 Å². The molecule has 0 aromatic heterocycles. The van der Waals surface area contributed by atoms with E-state index in [1.165, 1.54) is 18.2 Å². The maximum atomic E-state index is 12.1. The number of carbonyl (C=O) groups is 1. The highest BCUT2D eigenvalue weighted by molar-refractivity contribution is 9.10. The monoisotopic (exact) mass is 355 g/mol. The lowest BCUT2D eigenvalue weighted by Gasteiger charge is -2.11. The molecule has 0 heterocycles. The van der Waals surface area contributed by atoms with E-state index in [9.17, 15) is 18.0 Å². The van der Waals surface area contributed by atoms with Crippen molar-refractivity contribution < 1.29 is 27.4 Å². The van der Waals surface area contributed by atoms with Crippen LogP contribution in [0.4, 0.5) is 13.2 Å². The third-order valence-corrected chi connectivity index (χ3v) is 2.75. The van der Waals surface area contributed by atoms with Crippen LogP contribution in [0.3, 0.4) is 0 Å². The van der Waals surface area contributed by atoms with Crippen LogP contribution in [-0.4, -0.2) is 25.5 Å². The topological polar surface area (TPSA) is 47.6 Å². The molecule has 0 saturated carbocycles. The van der Waals surface area contributed by atoms with Gasteiger partial charge in [0.15, 0.2) is 0 Å². The Balaban J connectivity index is 2.53. The Bertz CT molecular complexity index is 466. The van der Waals surface area contributed by atoms with Crippen LogP contribution >= 0.6 is 15.9 Å². The van der Waals surface area contributed by atoms with Crippen LogP contribution in [-0.2, 0) is 16.1 Å². The fraction of sp³-hybridized carbons (Fsp3) is 0.417. The molecule has 1 N–H and O–H groups in total. The smallest absolute Gasteiger partial charge is 0.465 e. The normalized spacial score (nSPS) is 11.2. The fourth-order valence-corrected chi connectivity index (χ4v) is 1.89.